The van der Waals surface area contributed by atoms with Crippen LogP contribution in [-0.4, -0.2) is 45.4 Å². The summed E-state index contributed by atoms with van der Waals surface area (Å²) in [6, 6.07) is 5.72. The predicted molar refractivity (Wildman–Crippen MR) is 104 cm³/mol. The Hall–Kier alpha value is -1.79. The van der Waals surface area contributed by atoms with Gasteiger partial charge in [-0.2, -0.15) is 4.37 Å². The van der Waals surface area contributed by atoms with Crippen LogP contribution in [0.1, 0.15) is 38.8 Å². The lowest BCUT2D eigenvalue weighted by atomic mass is 10.1. The first kappa shape index (κ1) is 19.5. The van der Waals surface area contributed by atoms with Crippen molar-refractivity contribution in [1.82, 2.24) is 18.6 Å². The minimum atomic E-state index is 0.718. The lowest BCUT2D eigenvalue weighted by Gasteiger charge is -2.22. The fourth-order valence-electron chi connectivity index (χ4n) is 2.51. The van der Waals surface area contributed by atoms with Crippen molar-refractivity contribution in [2.75, 3.05) is 26.7 Å². The second-order valence-corrected chi connectivity index (χ2v) is 7.11. The highest BCUT2D eigenvalue weighted by Crippen LogP contribution is 2.27. The Labute approximate surface area is 155 Å². The summed E-state index contributed by atoms with van der Waals surface area (Å²) in [4.78, 5) is 6.09. The Bertz CT molecular complexity index is 601. The Kier molecular flexibility index (Phi) is 8.55. The van der Waals surface area contributed by atoms with Gasteiger partial charge in [0.25, 0.3) is 5.88 Å². The molecule has 25 heavy (non-hydrogen) atoms. The summed E-state index contributed by atoms with van der Waals surface area (Å²) < 4.78 is 14.5. The summed E-state index contributed by atoms with van der Waals surface area (Å²) in [7, 11) is 2.13. The molecule has 6 heteroatoms. The number of aromatic nitrogens is 3. The number of likely N-dealkylation sites (N-methyl/N-ethyl adjacent to an activating group) is 1. The van der Waals surface area contributed by atoms with E-state index in [0.29, 0.717) is 0 Å². The molecule has 0 aliphatic carbocycles. The van der Waals surface area contributed by atoms with Crippen LogP contribution in [0.2, 0.25) is 0 Å². The van der Waals surface area contributed by atoms with Crippen molar-refractivity contribution in [1.29, 1.82) is 0 Å². The summed E-state index contributed by atoms with van der Waals surface area (Å²) in [6.07, 6.45) is 9.11. The van der Waals surface area contributed by atoms with E-state index < -0.39 is 0 Å². The van der Waals surface area contributed by atoms with Gasteiger partial charge in [0.2, 0.25) is 0 Å². The predicted octanol–water partition coefficient (Wildman–Crippen LogP) is 4.15. The molecule has 0 saturated carbocycles. The zero-order chi connectivity index (χ0) is 17.9. The zero-order valence-electron chi connectivity index (χ0n) is 15.4. The first-order chi connectivity index (χ1) is 12.2. The van der Waals surface area contributed by atoms with Crippen molar-refractivity contribution < 1.29 is 4.74 Å². The fraction of sp³-hybridized carbons (Fsp3) is 0.526. The smallest absolute Gasteiger partial charge is 0.253 e. The molecule has 0 unspecified atom stereocenters. The molecule has 0 saturated heterocycles. The largest absolute Gasteiger partial charge is 0.475 e. The molecule has 0 N–H and O–H groups in total. The Morgan fingerprint density at radius 2 is 2.00 bits per heavy atom. The van der Waals surface area contributed by atoms with Gasteiger partial charge in [0, 0.05) is 25.5 Å². The number of pyridine rings is 1. The summed E-state index contributed by atoms with van der Waals surface area (Å²) in [6.45, 7) is 7.26. The quantitative estimate of drug-likeness (QED) is 0.724. The maximum Gasteiger partial charge on any atom is 0.253 e. The van der Waals surface area contributed by atoms with Gasteiger partial charge in [-0.1, -0.05) is 26.0 Å². The lowest BCUT2D eigenvalue weighted by molar-refractivity contribution is 0.288. The van der Waals surface area contributed by atoms with Crippen LogP contribution in [0.25, 0.3) is 5.57 Å². The third-order valence-electron chi connectivity index (χ3n) is 3.84. The summed E-state index contributed by atoms with van der Waals surface area (Å²) in [5.41, 5.74) is 2.20. The van der Waals surface area contributed by atoms with E-state index in [1.807, 2.05) is 18.2 Å². The molecule has 0 atom stereocenters. The van der Waals surface area contributed by atoms with E-state index in [4.69, 9.17) is 4.74 Å². The Morgan fingerprint density at radius 1 is 1.20 bits per heavy atom. The molecule has 0 spiro atoms. The van der Waals surface area contributed by atoms with Crippen LogP contribution >= 0.6 is 11.7 Å². The van der Waals surface area contributed by atoms with Gasteiger partial charge in [-0.05, 0) is 49.9 Å². The monoisotopic (exact) mass is 360 g/mol. The molecule has 0 aromatic carbocycles. The van der Waals surface area contributed by atoms with Gasteiger partial charge in [0.05, 0.1) is 18.3 Å². The van der Waals surface area contributed by atoms with E-state index in [9.17, 15) is 0 Å². The van der Waals surface area contributed by atoms with Crippen molar-refractivity contribution >= 4 is 17.3 Å². The highest BCUT2D eigenvalue weighted by atomic mass is 32.1. The van der Waals surface area contributed by atoms with Crippen LogP contribution < -0.4 is 4.74 Å². The standard InChI is InChI=1S/C14H23N3OS.C5H5N/c1-11(2)6-5-9-18-14-13(15-19-16-14)12-7-4-8-17(3)10-12;1-2-4-6-5-3-1/h7,11H,4-6,8-10H2,1-3H3;1-5H. The van der Waals surface area contributed by atoms with Crippen molar-refractivity contribution in [3.8, 4) is 5.88 Å². The molecule has 3 rings (SSSR count). The molecule has 0 radical (unpaired) electrons. The molecule has 136 valence electrons. The first-order valence-corrected chi connectivity index (χ1v) is 9.58. The number of rotatable bonds is 6. The van der Waals surface area contributed by atoms with E-state index in [1.54, 1.807) is 12.4 Å². The van der Waals surface area contributed by atoms with Crippen LogP contribution in [0.5, 0.6) is 5.88 Å². The molecular formula is C19H28N4OS. The van der Waals surface area contributed by atoms with Crippen LogP contribution in [0.3, 0.4) is 0 Å². The van der Waals surface area contributed by atoms with E-state index in [0.717, 1.165) is 50.0 Å². The molecule has 3 heterocycles. The SMILES string of the molecule is CC(C)CCCOc1nsnc1C1=CCCN(C)C1.c1ccncc1. The number of hydrogen-bond acceptors (Lipinski definition) is 6. The number of hydrogen-bond donors (Lipinski definition) is 0. The van der Waals surface area contributed by atoms with E-state index in [1.165, 1.54) is 23.7 Å². The minimum Gasteiger partial charge on any atom is -0.475 e. The third-order valence-corrected chi connectivity index (χ3v) is 4.35. The molecule has 2 aromatic rings. The maximum absolute atomic E-state index is 5.79. The molecule has 1 aliphatic heterocycles. The topological polar surface area (TPSA) is 51.1 Å². The van der Waals surface area contributed by atoms with Crippen LogP contribution in [0.4, 0.5) is 0 Å². The second-order valence-electron chi connectivity index (χ2n) is 6.58. The molecule has 5 nitrogen and oxygen atoms in total. The third kappa shape index (κ3) is 7.32. The number of ether oxygens (including phenoxy) is 1. The summed E-state index contributed by atoms with van der Waals surface area (Å²) in [5, 5.41) is 0. The minimum absolute atomic E-state index is 0.718. The molecule has 0 amide bonds. The molecule has 0 fully saturated rings. The number of nitrogens with zero attached hydrogens (tertiary/aromatic N) is 4. The van der Waals surface area contributed by atoms with E-state index >= 15 is 0 Å². The van der Waals surface area contributed by atoms with Gasteiger partial charge in [-0.25, -0.2) is 0 Å². The average Bonchev–Trinajstić information content (AvgIpc) is 3.09. The van der Waals surface area contributed by atoms with Crippen molar-refractivity contribution in [3.05, 3.63) is 42.4 Å². The van der Waals surface area contributed by atoms with Gasteiger partial charge in [0.1, 0.15) is 5.69 Å². The van der Waals surface area contributed by atoms with Crippen LogP contribution in [-0.2, 0) is 0 Å². The fourth-order valence-corrected chi connectivity index (χ4v) is 3.04. The van der Waals surface area contributed by atoms with Crippen molar-refractivity contribution in [2.24, 2.45) is 5.92 Å². The molecule has 1 aliphatic rings. The summed E-state index contributed by atoms with van der Waals surface area (Å²) in [5.74, 6) is 1.45. The van der Waals surface area contributed by atoms with Crippen LogP contribution in [0.15, 0.2) is 36.7 Å². The van der Waals surface area contributed by atoms with Crippen LogP contribution in [0, 0.1) is 5.92 Å². The molecular weight excluding hydrogens is 332 g/mol. The Balaban J connectivity index is 0.000000316. The molecule has 2 aromatic heterocycles. The lowest BCUT2D eigenvalue weighted by Crippen LogP contribution is -2.25. The van der Waals surface area contributed by atoms with Crippen molar-refractivity contribution in [3.63, 3.8) is 0 Å². The van der Waals surface area contributed by atoms with Gasteiger partial charge in [-0.3, -0.25) is 4.98 Å². The zero-order valence-corrected chi connectivity index (χ0v) is 16.2. The highest BCUT2D eigenvalue weighted by molar-refractivity contribution is 6.99. The normalized spacial score (nSPS) is 14.6. The highest BCUT2D eigenvalue weighted by Gasteiger charge is 2.18. The second kappa shape index (κ2) is 10.9. The average molecular weight is 361 g/mol. The van der Waals surface area contributed by atoms with Gasteiger partial charge in [0.15, 0.2) is 0 Å². The van der Waals surface area contributed by atoms with Gasteiger partial charge in [-0.15, -0.1) is 4.37 Å². The maximum atomic E-state index is 5.79. The first-order valence-electron chi connectivity index (χ1n) is 8.85. The summed E-state index contributed by atoms with van der Waals surface area (Å²) >= 11 is 1.24. The van der Waals surface area contributed by atoms with E-state index in [2.05, 4.69) is 45.6 Å². The Morgan fingerprint density at radius 3 is 2.60 bits per heavy atom. The molecule has 0 bridgehead atoms. The van der Waals surface area contributed by atoms with Crippen molar-refractivity contribution in [2.45, 2.75) is 33.1 Å². The van der Waals surface area contributed by atoms with E-state index in [-0.39, 0.29) is 0 Å². The van der Waals surface area contributed by atoms with Gasteiger partial charge >= 0.3 is 0 Å². The van der Waals surface area contributed by atoms with Gasteiger partial charge < -0.3 is 9.64 Å².